The largest absolute Gasteiger partial charge is 0.172 e. The second-order valence-electron chi connectivity index (χ2n) is 5.50. The van der Waals surface area contributed by atoms with E-state index in [9.17, 15) is 0 Å². The lowest BCUT2D eigenvalue weighted by molar-refractivity contribution is 1.11. The minimum Gasteiger partial charge on any atom is -0.172 e. The number of fused-ring (bicyclic) bond motifs is 2. The summed E-state index contributed by atoms with van der Waals surface area (Å²) in [5.41, 5.74) is 1.90. The molecular weight excluding hydrogens is 604 g/mol. The molecule has 0 aliphatic carbocycles. The molecule has 0 unspecified atom stereocenters. The first-order chi connectivity index (χ1) is 13.1. The highest BCUT2D eigenvalue weighted by Gasteiger charge is 2.32. The van der Waals surface area contributed by atoms with E-state index in [-0.39, 0.29) is 0 Å². The minimum absolute atomic E-state index is 0.952. The molecule has 11 heteroatoms. The zero-order valence-corrected chi connectivity index (χ0v) is 23.2. The number of benzene rings is 1. The molecule has 0 N–H and O–H groups in total. The molecule has 0 atom stereocenters. The van der Waals surface area contributed by atoms with Gasteiger partial charge in [0.1, 0.15) is 11.0 Å². The quantitative estimate of drug-likeness (QED) is 0.316. The van der Waals surface area contributed by atoms with Crippen LogP contribution in [-0.4, -0.2) is 20.3 Å². The monoisotopic (exact) mass is 616 g/mol. The van der Waals surface area contributed by atoms with Crippen molar-refractivity contribution in [3.8, 4) is 0 Å². The van der Waals surface area contributed by atoms with Gasteiger partial charge in [-0.25, -0.2) is 0 Å². The maximum absolute atomic E-state index is 4.46. The van der Waals surface area contributed by atoms with E-state index in [2.05, 4.69) is 54.5 Å². The Morgan fingerprint density at radius 1 is 0.741 bits per heavy atom. The zero-order chi connectivity index (χ0) is 19.0. The molecule has 0 bridgehead atoms. The van der Waals surface area contributed by atoms with Gasteiger partial charge in [-0.05, 0) is 56.2 Å². The topological polar surface area (TPSA) is 25.8 Å². The molecular formula is C16H14Br2N2S7. The van der Waals surface area contributed by atoms with Crippen molar-refractivity contribution in [2.24, 2.45) is 0 Å². The van der Waals surface area contributed by atoms with Gasteiger partial charge in [0.05, 0.1) is 37.6 Å². The Bertz CT molecular complexity index is 884. The maximum Gasteiger partial charge on any atom is 0.121 e. The van der Waals surface area contributed by atoms with Crippen LogP contribution < -0.4 is 0 Å². The van der Waals surface area contributed by atoms with Crippen molar-refractivity contribution in [3.63, 3.8) is 0 Å². The van der Waals surface area contributed by atoms with Crippen molar-refractivity contribution in [1.82, 2.24) is 8.75 Å². The van der Waals surface area contributed by atoms with E-state index in [0.29, 0.717) is 0 Å². The van der Waals surface area contributed by atoms with Crippen LogP contribution in [0, 0.1) is 0 Å². The van der Waals surface area contributed by atoms with Crippen LogP contribution in [0.3, 0.4) is 0 Å². The Morgan fingerprint density at radius 3 is 1.63 bits per heavy atom. The van der Waals surface area contributed by atoms with E-state index in [4.69, 9.17) is 0 Å². The van der Waals surface area contributed by atoms with Crippen molar-refractivity contribution in [3.05, 3.63) is 25.9 Å². The molecule has 1 aromatic heterocycles. The summed E-state index contributed by atoms with van der Waals surface area (Å²) in [6.45, 7) is 4.50. The third kappa shape index (κ3) is 4.46. The second-order valence-corrected chi connectivity index (χ2v) is 14.9. The van der Waals surface area contributed by atoms with Crippen molar-refractivity contribution < 1.29 is 0 Å². The molecule has 0 spiro atoms. The van der Waals surface area contributed by atoms with Crippen LogP contribution in [0.1, 0.15) is 26.7 Å². The lowest BCUT2D eigenvalue weighted by Crippen LogP contribution is -1.81. The fourth-order valence-electron chi connectivity index (χ4n) is 2.29. The predicted octanol–water partition coefficient (Wildman–Crippen LogP) is 9.43. The molecule has 2 aromatic rings. The number of rotatable bonds is 6. The third-order valence-corrected chi connectivity index (χ3v) is 15.2. The van der Waals surface area contributed by atoms with Gasteiger partial charge in [-0.15, -0.1) is 23.5 Å². The first-order valence-corrected chi connectivity index (χ1v) is 15.8. The molecule has 0 radical (unpaired) electrons. The summed E-state index contributed by atoms with van der Waals surface area (Å²) in [6, 6.07) is 0. The van der Waals surface area contributed by atoms with Crippen molar-refractivity contribution in [2.45, 2.75) is 36.5 Å². The SMILES string of the molecule is CCCSC1=C(SCCC)SC(=C2Sc3c(c(Br)c4nsnc4c3Br)S2)S1. The number of nitrogens with zero attached hydrogens (tertiary/aromatic N) is 2. The first kappa shape index (κ1) is 21.8. The summed E-state index contributed by atoms with van der Waals surface area (Å²) in [5.74, 6) is 2.37. The maximum atomic E-state index is 4.46. The fourth-order valence-corrected chi connectivity index (χ4v) is 13.3. The number of halogens is 2. The van der Waals surface area contributed by atoms with Crippen LogP contribution >= 0.6 is 114 Å². The van der Waals surface area contributed by atoms with Gasteiger partial charge in [0.2, 0.25) is 0 Å². The molecule has 0 saturated heterocycles. The molecule has 27 heavy (non-hydrogen) atoms. The van der Waals surface area contributed by atoms with Gasteiger partial charge in [-0.2, -0.15) is 8.75 Å². The molecule has 0 amide bonds. The van der Waals surface area contributed by atoms with Gasteiger partial charge in [0.15, 0.2) is 0 Å². The summed E-state index contributed by atoms with van der Waals surface area (Å²) >= 11 is 20.5. The Kier molecular flexibility index (Phi) is 7.92. The van der Waals surface area contributed by atoms with E-state index in [1.807, 2.05) is 70.6 Å². The van der Waals surface area contributed by atoms with E-state index >= 15 is 0 Å². The summed E-state index contributed by atoms with van der Waals surface area (Å²) in [7, 11) is 0. The normalized spacial score (nSPS) is 16.9. The highest BCUT2D eigenvalue weighted by molar-refractivity contribution is 9.11. The molecule has 144 valence electrons. The Hall–Kier alpha value is 1.58. The number of aromatic nitrogens is 2. The molecule has 1 aromatic carbocycles. The van der Waals surface area contributed by atoms with Crippen LogP contribution in [0.15, 0.2) is 35.7 Å². The van der Waals surface area contributed by atoms with Crippen LogP contribution in [0.25, 0.3) is 11.0 Å². The Morgan fingerprint density at radius 2 is 1.19 bits per heavy atom. The van der Waals surface area contributed by atoms with Crippen LogP contribution in [0.5, 0.6) is 0 Å². The lowest BCUT2D eigenvalue weighted by Gasteiger charge is -2.03. The van der Waals surface area contributed by atoms with Crippen molar-refractivity contribution in [1.29, 1.82) is 0 Å². The van der Waals surface area contributed by atoms with Crippen LogP contribution in [0.4, 0.5) is 0 Å². The van der Waals surface area contributed by atoms with Crippen LogP contribution in [-0.2, 0) is 0 Å². The van der Waals surface area contributed by atoms with E-state index in [1.54, 1.807) is 0 Å². The number of hydrogen-bond donors (Lipinski definition) is 0. The standard InChI is InChI=1S/C16H14Br2N2S7/c1-3-5-21-13-14(22-6-4-2)26-16(25-13)15-23-11-7(17)9-10(20-27-19-9)8(18)12(11)24-15/h3-6H2,1-2H3. The van der Waals surface area contributed by atoms with Gasteiger partial charge in [0.25, 0.3) is 0 Å². The van der Waals surface area contributed by atoms with Gasteiger partial charge in [-0.3, -0.25) is 0 Å². The first-order valence-electron chi connectivity index (χ1n) is 8.22. The molecule has 0 fully saturated rings. The van der Waals surface area contributed by atoms with Crippen LogP contribution in [0.2, 0.25) is 0 Å². The summed E-state index contributed by atoms with van der Waals surface area (Å²) in [5, 5.41) is 0. The van der Waals surface area contributed by atoms with Crippen molar-refractivity contribution in [2.75, 3.05) is 11.5 Å². The van der Waals surface area contributed by atoms with E-state index in [1.165, 1.54) is 62.8 Å². The Balaban J connectivity index is 1.63. The molecule has 2 aliphatic rings. The second kappa shape index (κ2) is 9.80. The summed E-state index contributed by atoms with van der Waals surface area (Å²) in [6.07, 6.45) is 2.42. The van der Waals surface area contributed by atoms with Gasteiger partial charge in [0, 0.05) is 9.79 Å². The fraction of sp³-hybridized carbons (Fsp3) is 0.375. The molecule has 4 rings (SSSR count). The predicted molar refractivity (Wildman–Crippen MR) is 139 cm³/mol. The van der Waals surface area contributed by atoms with Gasteiger partial charge < -0.3 is 0 Å². The van der Waals surface area contributed by atoms with Gasteiger partial charge >= 0.3 is 0 Å². The third-order valence-electron chi connectivity index (χ3n) is 3.48. The molecule has 3 heterocycles. The van der Waals surface area contributed by atoms with E-state index < -0.39 is 0 Å². The minimum atomic E-state index is 0.952. The summed E-state index contributed by atoms with van der Waals surface area (Å²) in [4.78, 5) is 2.52. The molecule has 0 saturated carbocycles. The highest BCUT2D eigenvalue weighted by Crippen LogP contribution is 2.66. The van der Waals surface area contributed by atoms with Gasteiger partial charge in [-0.1, -0.05) is 60.9 Å². The average molecular weight is 619 g/mol. The van der Waals surface area contributed by atoms with E-state index in [0.717, 1.165) is 20.0 Å². The average Bonchev–Trinajstić information content (AvgIpc) is 3.40. The zero-order valence-electron chi connectivity index (χ0n) is 14.3. The molecule has 2 nitrogen and oxygen atoms in total. The Labute approximate surface area is 205 Å². The lowest BCUT2D eigenvalue weighted by atomic mass is 10.3. The smallest absolute Gasteiger partial charge is 0.121 e. The number of thioether (sulfide) groups is 6. The molecule has 2 aliphatic heterocycles. The highest BCUT2D eigenvalue weighted by atomic mass is 79.9. The summed E-state index contributed by atoms with van der Waals surface area (Å²) < 4.78 is 16.8. The number of hydrogen-bond acceptors (Lipinski definition) is 9. The van der Waals surface area contributed by atoms with Crippen molar-refractivity contribution >= 4 is 125 Å².